The largest absolute Gasteiger partial charge is 0.496 e. The van der Waals surface area contributed by atoms with Gasteiger partial charge in [0.1, 0.15) is 11.9 Å². The number of sulfonamides is 1. The maximum Gasteiger partial charge on any atom is 0.411 e. The number of methoxy groups -OCH3 is 1. The molecular weight excluding hydrogens is 554 g/mol. The molecule has 1 aliphatic carbocycles. The summed E-state index contributed by atoms with van der Waals surface area (Å²) in [5.74, 6) is -0.281. The van der Waals surface area contributed by atoms with E-state index in [2.05, 4.69) is 10.0 Å². The Balaban J connectivity index is 1.35. The Morgan fingerprint density at radius 1 is 0.976 bits per heavy atom. The molecule has 9 nitrogen and oxygen atoms in total. The smallest absolute Gasteiger partial charge is 0.411 e. The molecule has 1 aliphatic rings. The number of benzene rings is 3. The van der Waals surface area contributed by atoms with Crippen molar-refractivity contribution in [3.63, 3.8) is 0 Å². The molecule has 10 heteroatoms. The molecule has 5 rings (SSSR count). The Morgan fingerprint density at radius 3 is 2.48 bits per heavy atom. The molecule has 1 fully saturated rings. The van der Waals surface area contributed by atoms with Gasteiger partial charge >= 0.3 is 6.09 Å². The molecule has 0 spiro atoms. The molecule has 3 aromatic carbocycles. The first-order valence-electron chi connectivity index (χ1n) is 14.1. The van der Waals surface area contributed by atoms with Crippen LogP contribution >= 0.6 is 0 Å². The van der Waals surface area contributed by atoms with Crippen molar-refractivity contribution < 1.29 is 27.5 Å². The SMILES string of the molecule is CCc1ccccc1S(=O)(=O)NC(=O)c1ccc(Cc2cn(C)c3ccc(NC(=O)OC4CCCC4)cc23)c(OC)c1. The molecular formula is C32H35N3O6S. The van der Waals surface area contributed by atoms with Crippen LogP contribution in [0.4, 0.5) is 10.5 Å². The lowest BCUT2D eigenvalue weighted by Gasteiger charge is -2.13. The second-order valence-corrected chi connectivity index (χ2v) is 12.2. The van der Waals surface area contributed by atoms with E-state index < -0.39 is 22.0 Å². The highest BCUT2D eigenvalue weighted by Gasteiger charge is 2.23. The Bertz CT molecular complexity index is 1740. The molecule has 0 unspecified atom stereocenters. The second-order valence-electron chi connectivity index (χ2n) is 10.5. The minimum atomic E-state index is -4.05. The van der Waals surface area contributed by atoms with Gasteiger partial charge < -0.3 is 14.0 Å². The molecule has 2 amide bonds. The average Bonchev–Trinajstić information content (AvgIpc) is 3.60. The molecule has 0 aliphatic heterocycles. The highest BCUT2D eigenvalue weighted by molar-refractivity contribution is 7.90. The predicted octanol–water partition coefficient (Wildman–Crippen LogP) is 5.95. The lowest BCUT2D eigenvalue weighted by Crippen LogP contribution is -2.31. The summed E-state index contributed by atoms with van der Waals surface area (Å²) >= 11 is 0. The number of ether oxygens (including phenoxy) is 2. The third-order valence-corrected chi connectivity index (χ3v) is 9.13. The van der Waals surface area contributed by atoms with Crippen LogP contribution in [0.5, 0.6) is 5.75 Å². The van der Waals surface area contributed by atoms with Crippen LogP contribution in [-0.2, 0) is 34.6 Å². The molecule has 42 heavy (non-hydrogen) atoms. The number of aryl methyl sites for hydroxylation is 2. The third kappa shape index (κ3) is 6.28. The second kappa shape index (κ2) is 12.3. The van der Waals surface area contributed by atoms with E-state index in [1.165, 1.54) is 13.2 Å². The summed E-state index contributed by atoms with van der Waals surface area (Å²) in [6.45, 7) is 1.86. The average molecular weight is 590 g/mol. The van der Waals surface area contributed by atoms with Crippen molar-refractivity contribution in [2.45, 2.75) is 56.4 Å². The number of carbonyl (C=O) groups excluding carboxylic acids is 2. The van der Waals surface area contributed by atoms with Gasteiger partial charge in [0.05, 0.1) is 12.0 Å². The number of nitrogens with zero attached hydrogens (tertiary/aromatic N) is 1. The fourth-order valence-corrected chi connectivity index (χ4v) is 6.82. The van der Waals surface area contributed by atoms with Gasteiger partial charge in [-0.15, -0.1) is 0 Å². The van der Waals surface area contributed by atoms with E-state index >= 15 is 0 Å². The van der Waals surface area contributed by atoms with Crippen LogP contribution in [0.2, 0.25) is 0 Å². The fraction of sp³-hybridized carbons (Fsp3) is 0.312. The maximum atomic E-state index is 13.0. The Hall–Kier alpha value is -4.31. The van der Waals surface area contributed by atoms with Crippen LogP contribution in [0.3, 0.4) is 0 Å². The number of fused-ring (bicyclic) bond motifs is 1. The molecule has 1 aromatic heterocycles. The summed E-state index contributed by atoms with van der Waals surface area (Å²) < 4.78 is 41.3. The molecule has 4 aromatic rings. The first-order valence-corrected chi connectivity index (χ1v) is 15.5. The van der Waals surface area contributed by atoms with Gasteiger partial charge in [0.15, 0.2) is 0 Å². The lowest BCUT2D eigenvalue weighted by atomic mass is 10.0. The standard InChI is InChI=1S/C32H35N3O6S/c1-4-21-9-5-8-12-30(21)42(38,39)34-31(36)23-14-13-22(29(18-23)40-3)17-24-20-35(2)28-16-15-25(19-27(24)28)33-32(37)41-26-10-6-7-11-26/h5,8-9,12-16,18-20,26H,4,6-7,10-11,17H2,1-3H3,(H,33,37)(H,34,36). The summed E-state index contributed by atoms with van der Waals surface area (Å²) in [6.07, 6.45) is 6.52. The van der Waals surface area contributed by atoms with E-state index in [0.717, 1.165) is 47.7 Å². The molecule has 1 saturated carbocycles. The van der Waals surface area contributed by atoms with E-state index in [1.807, 2.05) is 42.9 Å². The van der Waals surface area contributed by atoms with Gasteiger partial charge in [0.25, 0.3) is 15.9 Å². The molecule has 2 N–H and O–H groups in total. The van der Waals surface area contributed by atoms with Gasteiger partial charge in [-0.3, -0.25) is 10.1 Å². The van der Waals surface area contributed by atoms with Crippen LogP contribution in [0.1, 0.15) is 59.7 Å². The van der Waals surface area contributed by atoms with E-state index in [1.54, 1.807) is 36.4 Å². The Kier molecular flexibility index (Phi) is 8.54. The van der Waals surface area contributed by atoms with E-state index in [-0.39, 0.29) is 16.6 Å². The van der Waals surface area contributed by atoms with Gasteiger partial charge in [-0.05, 0) is 85.2 Å². The van der Waals surface area contributed by atoms with Gasteiger partial charge in [0.2, 0.25) is 0 Å². The van der Waals surface area contributed by atoms with Gasteiger partial charge in [0, 0.05) is 41.8 Å². The zero-order chi connectivity index (χ0) is 29.9. The molecule has 220 valence electrons. The molecule has 0 bridgehead atoms. The van der Waals surface area contributed by atoms with Crippen LogP contribution in [0.25, 0.3) is 10.9 Å². The third-order valence-electron chi connectivity index (χ3n) is 7.69. The zero-order valence-electron chi connectivity index (χ0n) is 24.0. The van der Waals surface area contributed by atoms with Crippen molar-refractivity contribution >= 4 is 38.6 Å². The molecule has 0 radical (unpaired) electrons. The molecule has 0 saturated heterocycles. The number of hydrogen-bond donors (Lipinski definition) is 2. The first-order chi connectivity index (χ1) is 20.2. The summed E-state index contributed by atoms with van der Waals surface area (Å²) in [4.78, 5) is 25.5. The first kappa shape index (κ1) is 29.2. The number of rotatable bonds is 9. The topological polar surface area (TPSA) is 116 Å². The summed E-state index contributed by atoms with van der Waals surface area (Å²) in [7, 11) is -0.589. The van der Waals surface area contributed by atoms with Crippen molar-refractivity contribution in [2.75, 3.05) is 12.4 Å². The number of amides is 2. The summed E-state index contributed by atoms with van der Waals surface area (Å²) in [5.41, 5.74) is 4.24. The van der Waals surface area contributed by atoms with Crippen molar-refractivity contribution in [3.8, 4) is 5.75 Å². The van der Waals surface area contributed by atoms with Crippen molar-refractivity contribution in [2.24, 2.45) is 7.05 Å². The van der Waals surface area contributed by atoms with Crippen LogP contribution < -0.4 is 14.8 Å². The van der Waals surface area contributed by atoms with Gasteiger partial charge in [-0.1, -0.05) is 31.2 Å². The van der Waals surface area contributed by atoms with Crippen LogP contribution in [0.15, 0.2) is 71.8 Å². The highest BCUT2D eigenvalue weighted by Crippen LogP contribution is 2.30. The van der Waals surface area contributed by atoms with E-state index in [4.69, 9.17) is 9.47 Å². The number of anilines is 1. The molecule has 1 heterocycles. The minimum Gasteiger partial charge on any atom is -0.496 e. The highest BCUT2D eigenvalue weighted by atomic mass is 32.2. The normalized spacial score (nSPS) is 13.7. The van der Waals surface area contributed by atoms with Gasteiger partial charge in [-0.25, -0.2) is 17.9 Å². The fourth-order valence-electron chi connectivity index (χ4n) is 5.53. The number of hydrogen-bond acceptors (Lipinski definition) is 6. The van der Waals surface area contributed by atoms with E-state index in [0.29, 0.717) is 29.8 Å². The number of aromatic nitrogens is 1. The van der Waals surface area contributed by atoms with Crippen LogP contribution in [0, 0.1) is 0 Å². The van der Waals surface area contributed by atoms with Crippen molar-refractivity contribution in [3.05, 3.63) is 89.1 Å². The predicted molar refractivity (Wildman–Crippen MR) is 162 cm³/mol. The Morgan fingerprint density at radius 2 is 1.74 bits per heavy atom. The summed E-state index contributed by atoms with van der Waals surface area (Å²) in [6, 6.07) is 17.2. The van der Waals surface area contributed by atoms with E-state index in [9.17, 15) is 18.0 Å². The van der Waals surface area contributed by atoms with Crippen molar-refractivity contribution in [1.82, 2.24) is 9.29 Å². The number of carbonyl (C=O) groups is 2. The molecule has 0 atom stereocenters. The summed E-state index contributed by atoms with van der Waals surface area (Å²) in [5, 5.41) is 3.81. The monoisotopic (exact) mass is 589 g/mol. The zero-order valence-corrected chi connectivity index (χ0v) is 24.8. The minimum absolute atomic E-state index is 0.0224. The number of nitrogens with one attached hydrogen (secondary N) is 2. The lowest BCUT2D eigenvalue weighted by molar-refractivity contribution is 0.0980. The Labute approximate surface area is 245 Å². The van der Waals surface area contributed by atoms with Crippen LogP contribution in [-0.4, -0.2) is 38.2 Å². The van der Waals surface area contributed by atoms with Gasteiger partial charge in [-0.2, -0.15) is 0 Å². The maximum absolute atomic E-state index is 13.0. The van der Waals surface area contributed by atoms with Crippen molar-refractivity contribution in [1.29, 1.82) is 0 Å². The quantitative estimate of drug-likeness (QED) is 0.249.